The lowest BCUT2D eigenvalue weighted by Gasteiger charge is -2.33. The lowest BCUT2D eigenvalue weighted by atomic mass is 9.96. The van der Waals surface area contributed by atoms with E-state index >= 15 is 0 Å². The zero-order valence-corrected chi connectivity index (χ0v) is 12.2. The number of carbonyl (C=O) groups is 1. The number of nitrogens with zero attached hydrogens (tertiary/aromatic N) is 2. The number of amides is 2. The summed E-state index contributed by atoms with van der Waals surface area (Å²) in [4.78, 5) is 16.1. The van der Waals surface area contributed by atoms with E-state index in [1.54, 1.807) is 4.90 Å². The largest absolute Gasteiger partial charge is 0.374 e. The van der Waals surface area contributed by atoms with Crippen LogP contribution in [0.3, 0.4) is 0 Å². The molecule has 1 saturated heterocycles. The summed E-state index contributed by atoms with van der Waals surface area (Å²) in [7, 11) is 3.95. The fourth-order valence-corrected chi connectivity index (χ4v) is 2.90. The average Bonchev–Trinajstić information content (AvgIpc) is 2.40. The highest BCUT2D eigenvalue weighted by atomic mass is 16.5. The van der Waals surface area contributed by atoms with E-state index in [0.29, 0.717) is 12.6 Å². The molecule has 0 aromatic heterocycles. The molecule has 1 N–H and O–H groups in total. The van der Waals surface area contributed by atoms with Crippen molar-refractivity contribution in [2.45, 2.75) is 44.2 Å². The molecule has 110 valence electrons. The second kappa shape index (κ2) is 7.10. The van der Waals surface area contributed by atoms with Gasteiger partial charge in [-0.25, -0.2) is 4.79 Å². The van der Waals surface area contributed by atoms with Crippen LogP contribution in [0.2, 0.25) is 0 Å². The maximum atomic E-state index is 12.1. The molecule has 2 fully saturated rings. The Morgan fingerprint density at radius 3 is 2.79 bits per heavy atom. The number of morpholine rings is 1. The van der Waals surface area contributed by atoms with Crippen molar-refractivity contribution in [1.29, 1.82) is 0 Å². The first-order chi connectivity index (χ1) is 9.15. The summed E-state index contributed by atoms with van der Waals surface area (Å²) in [5, 5.41) is 3.14. The van der Waals surface area contributed by atoms with Gasteiger partial charge in [0.2, 0.25) is 0 Å². The van der Waals surface area contributed by atoms with Crippen LogP contribution in [0.4, 0.5) is 4.79 Å². The number of ether oxygens (including phenoxy) is 1. The smallest absolute Gasteiger partial charge is 0.317 e. The van der Waals surface area contributed by atoms with Gasteiger partial charge in [0.1, 0.15) is 0 Å². The molecule has 1 heterocycles. The standard InChI is InChI=1S/C14H27N3O2/c1-16-8-9-19-13(10-16)11-17(2)14(18)15-12-6-4-3-5-7-12/h12-13H,3-11H2,1-2H3,(H,15,18). The molecule has 0 aromatic rings. The van der Waals surface area contributed by atoms with Crippen LogP contribution in [0, 0.1) is 0 Å². The molecule has 0 spiro atoms. The van der Waals surface area contributed by atoms with Crippen molar-refractivity contribution in [1.82, 2.24) is 15.1 Å². The molecule has 1 aliphatic carbocycles. The Hall–Kier alpha value is -0.810. The molecular formula is C14H27N3O2. The Morgan fingerprint density at radius 1 is 1.37 bits per heavy atom. The van der Waals surface area contributed by atoms with E-state index in [1.165, 1.54) is 19.3 Å². The van der Waals surface area contributed by atoms with Crippen LogP contribution >= 0.6 is 0 Å². The zero-order valence-electron chi connectivity index (χ0n) is 12.2. The molecule has 1 aliphatic heterocycles. The molecule has 2 rings (SSSR count). The van der Waals surface area contributed by atoms with E-state index in [0.717, 1.165) is 32.5 Å². The van der Waals surface area contributed by atoms with Gasteiger partial charge in [-0.05, 0) is 19.9 Å². The van der Waals surface area contributed by atoms with Crippen LogP contribution in [-0.4, -0.2) is 68.3 Å². The van der Waals surface area contributed by atoms with Crippen molar-refractivity contribution < 1.29 is 9.53 Å². The van der Waals surface area contributed by atoms with E-state index in [2.05, 4.69) is 17.3 Å². The number of rotatable bonds is 3. The van der Waals surface area contributed by atoms with Crippen LogP contribution < -0.4 is 5.32 Å². The Morgan fingerprint density at radius 2 is 2.11 bits per heavy atom. The number of nitrogens with one attached hydrogen (secondary N) is 1. The average molecular weight is 269 g/mol. The fraction of sp³-hybridized carbons (Fsp3) is 0.929. The van der Waals surface area contributed by atoms with Gasteiger partial charge >= 0.3 is 6.03 Å². The second-order valence-corrected chi connectivity index (χ2v) is 5.92. The SMILES string of the molecule is CN1CCOC(CN(C)C(=O)NC2CCCCC2)C1. The molecule has 2 amide bonds. The number of urea groups is 1. The van der Waals surface area contributed by atoms with Crippen molar-refractivity contribution >= 4 is 6.03 Å². The van der Waals surface area contributed by atoms with E-state index in [9.17, 15) is 4.79 Å². The fourth-order valence-electron chi connectivity index (χ4n) is 2.90. The predicted octanol–water partition coefficient (Wildman–Crippen LogP) is 1.29. The summed E-state index contributed by atoms with van der Waals surface area (Å²) < 4.78 is 5.70. The molecule has 19 heavy (non-hydrogen) atoms. The van der Waals surface area contributed by atoms with Gasteiger partial charge in [0, 0.05) is 32.7 Å². The van der Waals surface area contributed by atoms with E-state index in [4.69, 9.17) is 4.74 Å². The summed E-state index contributed by atoms with van der Waals surface area (Å²) in [6.45, 7) is 3.32. The summed E-state index contributed by atoms with van der Waals surface area (Å²) in [6.07, 6.45) is 6.19. The van der Waals surface area contributed by atoms with Gasteiger partial charge in [0.15, 0.2) is 0 Å². The highest BCUT2D eigenvalue weighted by Crippen LogP contribution is 2.17. The van der Waals surface area contributed by atoms with Crippen molar-refractivity contribution in [3.05, 3.63) is 0 Å². The Kier molecular flexibility index (Phi) is 5.45. The minimum atomic E-state index is 0.0451. The normalized spacial score (nSPS) is 26.1. The monoisotopic (exact) mass is 269 g/mol. The quantitative estimate of drug-likeness (QED) is 0.840. The molecule has 0 bridgehead atoms. The van der Waals surface area contributed by atoms with E-state index in [-0.39, 0.29) is 12.1 Å². The third kappa shape index (κ3) is 4.66. The van der Waals surface area contributed by atoms with Crippen LogP contribution in [0.1, 0.15) is 32.1 Å². The third-order valence-electron chi connectivity index (χ3n) is 4.10. The van der Waals surface area contributed by atoms with Crippen molar-refractivity contribution in [2.75, 3.05) is 40.3 Å². The lowest BCUT2D eigenvalue weighted by Crippen LogP contribution is -2.50. The first-order valence-corrected chi connectivity index (χ1v) is 7.47. The molecule has 5 nitrogen and oxygen atoms in total. The van der Waals surface area contributed by atoms with Crippen LogP contribution in [-0.2, 0) is 4.74 Å². The number of hydrogen-bond acceptors (Lipinski definition) is 3. The predicted molar refractivity (Wildman–Crippen MR) is 75.3 cm³/mol. The number of carbonyl (C=O) groups excluding carboxylic acids is 1. The van der Waals surface area contributed by atoms with Crippen molar-refractivity contribution in [3.63, 3.8) is 0 Å². The Bertz CT molecular complexity index is 292. The lowest BCUT2D eigenvalue weighted by molar-refractivity contribution is -0.0282. The van der Waals surface area contributed by atoms with Crippen molar-refractivity contribution in [3.8, 4) is 0 Å². The van der Waals surface area contributed by atoms with Crippen molar-refractivity contribution in [2.24, 2.45) is 0 Å². The minimum Gasteiger partial charge on any atom is -0.374 e. The summed E-state index contributed by atoms with van der Waals surface area (Å²) in [5.41, 5.74) is 0. The van der Waals surface area contributed by atoms with Gasteiger partial charge in [-0.15, -0.1) is 0 Å². The summed E-state index contributed by atoms with van der Waals surface area (Å²) >= 11 is 0. The van der Waals surface area contributed by atoms with Gasteiger partial charge < -0.3 is 19.9 Å². The van der Waals surface area contributed by atoms with Crippen LogP contribution in [0.5, 0.6) is 0 Å². The molecule has 5 heteroatoms. The zero-order chi connectivity index (χ0) is 13.7. The topological polar surface area (TPSA) is 44.8 Å². The molecular weight excluding hydrogens is 242 g/mol. The number of likely N-dealkylation sites (N-methyl/N-ethyl adjacent to an activating group) is 2. The molecule has 0 radical (unpaired) electrons. The van der Waals surface area contributed by atoms with Gasteiger partial charge in [0.05, 0.1) is 12.7 Å². The van der Waals surface area contributed by atoms with Gasteiger partial charge in [-0.2, -0.15) is 0 Å². The van der Waals surface area contributed by atoms with E-state index < -0.39 is 0 Å². The van der Waals surface area contributed by atoms with Gasteiger partial charge in [-0.1, -0.05) is 19.3 Å². The third-order valence-corrected chi connectivity index (χ3v) is 4.10. The maximum Gasteiger partial charge on any atom is 0.317 e. The summed E-state index contributed by atoms with van der Waals surface area (Å²) in [6, 6.07) is 0.419. The molecule has 1 atom stereocenters. The molecule has 0 aromatic carbocycles. The molecule has 1 saturated carbocycles. The summed E-state index contributed by atoms with van der Waals surface area (Å²) in [5.74, 6) is 0. The highest BCUT2D eigenvalue weighted by molar-refractivity contribution is 5.74. The van der Waals surface area contributed by atoms with E-state index in [1.807, 2.05) is 7.05 Å². The first-order valence-electron chi connectivity index (χ1n) is 7.47. The minimum absolute atomic E-state index is 0.0451. The van der Waals surface area contributed by atoms with Gasteiger partial charge in [0.25, 0.3) is 0 Å². The maximum absolute atomic E-state index is 12.1. The van der Waals surface area contributed by atoms with Crippen LogP contribution in [0.15, 0.2) is 0 Å². The van der Waals surface area contributed by atoms with Crippen LogP contribution in [0.25, 0.3) is 0 Å². The Labute approximate surface area is 116 Å². The number of hydrogen-bond donors (Lipinski definition) is 1. The van der Waals surface area contributed by atoms with Gasteiger partial charge in [-0.3, -0.25) is 0 Å². The second-order valence-electron chi connectivity index (χ2n) is 5.92. The molecule has 2 aliphatic rings. The first kappa shape index (κ1) is 14.6. The highest BCUT2D eigenvalue weighted by Gasteiger charge is 2.23. The molecule has 1 unspecified atom stereocenters. The Balaban J connectivity index is 1.72.